The first-order chi connectivity index (χ1) is 8.74. The highest BCUT2D eigenvalue weighted by molar-refractivity contribution is 5.40. The van der Waals surface area contributed by atoms with E-state index in [1.807, 2.05) is 0 Å². The van der Waals surface area contributed by atoms with Crippen LogP contribution in [-0.2, 0) is 0 Å². The number of hydrogen-bond donors (Lipinski definition) is 1. The molecule has 1 aliphatic heterocycles. The van der Waals surface area contributed by atoms with Gasteiger partial charge in [0.05, 0.1) is 0 Å². The maximum atomic E-state index is 6.33. The van der Waals surface area contributed by atoms with E-state index in [9.17, 15) is 0 Å². The number of nitrogens with two attached hydrogens (primary N) is 1. The summed E-state index contributed by atoms with van der Waals surface area (Å²) in [6.45, 7) is 2.11. The Bertz CT molecular complexity index is 423. The molecule has 0 spiro atoms. The standard InChI is InChI=1S/C16H23NO/c1-11-7-8-15-13(9-11)14(17)10-16(18-15)12-5-3-2-4-6-12/h7-9,12,14,16H,2-6,10,17H2,1H3/t14-,16?/m1/s1. The summed E-state index contributed by atoms with van der Waals surface area (Å²) in [6, 6.07) is 6.55. The van der Waals surface area contributed by atoms with Gasteiger partial charge in [0.2, 0.25) is 0 Å². The van der Waals surface area contributed by atoms with E-state index >= 15 is 0 Å². The lowest BCUT2D eigenvalue weighted by Gasteiger charge is -2.37. The molecule has 1 unspecified atom stereocenters. The molecule has 0 aromatic heterocycles. The van der Waals surface area contributed by atoms with Crippen molar-refractivity contribution in [2.24, 2.45) is 11.7 Å². The highest BCUT2D eigenvalue weighted by atomic mass is 16.5. The summed E-state index contributed by atoms with van der Waals surface area (Å²) in [5.74, 6) is 1.74. The van der Waals surface area contributed by atoms with Gasteiger partial charge in [-0.2, -0.15) is 0 Å². The Morgan fingerprint density at radius 3 is 2.72 bits per heavy atom. The number of fused-ring (bicyclic) bond motifs is 1. The van der Waals surface area contributed by atoms with Crippen molar-refractivity contribution in [3.63, 3.8) is 0 Å². The summed E-state index contributed by atoms with van der Waals surface area (Å²) in [7, 11) is 0. The molecule has 2 aliphatic rings. The number of rotatable bonds is 1. The van der Waals surface area contributed by atoms with Crippen molar-refractivity contribution in [1.29, 1.82) is 0 Å². The molecule has 3 rings (SSSR count). The van der Waals surface area contributed by atoms with Gasteiger partial charge in [-0.25, -0.2) is 0 Å². The van der Waals surface area contributed by atoms with E-state index in [1.54, 1.807) is 0 Å². The Kier molecular flexibility index (Phi) is 3.29. The maximum absolute atomic E-state index is 6.33. The van der Waals surface area contributed by atoms with Crippen LogP contribution in [0.3, 0.4) is 0 Å². The summed E-state index contributed by atoms with van der Waals surface area (Å²) < 4.78 is 6.22. The molecule has 1 aromatic rings. The fraction of sp³-hybridized carbons (Fsp3) is 0.625. The van der Waals surface area contributed by atoms with E-state index in [2.05, 4.69) is 25.1 Å². The third-order valence-electron chi connectivity index (χ3n) is 4.50. The van der Waals surface area contributed by atoms with Gasteiger partial charge < -0.3 is 10.5 Å². The zero-order chi connectivity index (χ0) is 12.5. The normalized spacial score (nSPS) is 28.6. The molecule has 2 nitrogen and oxygen atoms in total. The lowest BCUT2D eigenvalue weighted by Crippen LogP contribution is -2.36. The van der Waals surface area contributed by atoms with Crippen LogP contribution in [0.15, 0.2) is 18.2 Å². The lowest BCUT2D eigenvalue weighted by atomic mass is 9.81. The van der Waals surface area contributed by atoms with E-state index in [0.29, 0.717) is 6.10 Å². The van der Waals surface area contributed by atoms with Gasteiger partial charge in [0.25, 0.3) is 0 Å². The first-order valence-electron chi connectivity index (χ1n) is 7.27. The summed E-state index contributed by atoms with van der Waals surface area (Å²) in [6.07, 6.45) is 8.08. The van der Waals surface area contributed by atoms with E-state index in [-0.39, 0.29) is 6.04 Å². The number of benzene rings is 1. The third kappa shape index (κ3) is 2.26. The molecule has 2 atom stereocenters. The minimum absolute atomic E-state index is 0.153. The molecule has 1 saturated carbocycles. The predicted molar refractivity (Wildman–Crippen MR) is 73.7 cm³/mol. The van der Waals surface area contributed by atoms with Crippen molar-refractivity contribution in [3.05, 3.63) is 29.3 Å². The van der Waals surface area contributed by atoms with Crippen molar-refractivity contribution in [3.8, 4) is 5.75 Å². The minimum Gasteiger partial charge on any atom is -0.490 e. The number of hydrogen-bond acceptors (Lipinski definition) is 2. The van der Waals surface area contributed by atoms with E-state index in [1.165, 1.54) is 43.2 Å². The van der Waals surface area contributed by atoms with E-state index in [4.69, 9.17) is 10.5 Å². The Labute approximate surface area is 110 Å². The number of ether oxygens (including phenoxy) is 1. The molecule has 0 amide bonds. The molecule has 1 aliphatic carbocycles. The van der Waals surface area contributed by atoms with Crippen LogP contribution in [0.25, 0.3) is 0 Å². The summed E-state index contributed by atoms with van der Waals surface area (Å²) >= 11 is 0. The van der Waals surface area contributed by atoms with Crippen LogP contribution in [0.5, 0.6) is 5.75 Å². The largest absolute Gasteiger partial charge is 0.490 e. The van der Waals surface area contributed by atoms with Crippen molar-refractivity contribution in [2.45, 2.75) is 57.6 Å². The zero-order valence-corrected chi connectivity index (χ0v) is 11.2. The molecule has 18 heavy (non-hydrogen) atoms. The Morgan fingerprint density at radius 2 is 1.94 bits per heavy atom. The maximum Gasteiger partial charge on any atom is 0.124 e. The van der Waals surface area contributed by atoms with Crippen molar-refractivity contribution in [2.75, 3.05) is 0 Å². The molecule has 2 N–H and O–H groups in total. The van der Waals surface area contributed by atoms with Gasteiger partial charge in [-0.3, -0.25) is 0 Å². The summed E-state index contributed by atoms with van der Waals surface area (Å²) in [5.41, 5.74) is 8.80. The second-order valence-corrected chi connectivity index (χ2v) is 5.94. The van der Waals surface area contributed by atoms with Gasteiger partial charge in [-0.1, -0.05) is 37.0 Å². The topological polar surface area (TPSA) is 35.2 Å². The molecule has 1 fully saturated rings. The van der Waals surface area contributed by atoms with Gasteiger partial charge in [-0.15, -0.1) is 0 Å². The molecular weight excluding hydrogens is 222 g/mol. The second kappa shape index (κ2) is 4.93. The Morgan fingerprint density at radius 1 is 1.17 bits per heavy atom. The van der Waals surface area contributed by atoms with Crippen LogP contribution in [0, 0.1) is 12.8 Å². The first-order valence-corrected chi connectivity index (χ1v) is 7.27. The first kappa shape index (κ1) is 12.0. The zero-order valence-electron chi connectivity index (χ0n) is 11.2. The van der Waals surface area contributed by atoms with E-state index in [0.717, 1.165) is 18.1 Å². The Hall–Kier alpha value is -1.02. The Balaban J connectivity index is 1.80. The van der Waals surface area contributed by atoms with E-state index < -0.39 is 0 Å². The molecule has 0 bridgehead atoms. The monoisotopic (exact) mass is 245 g/mol. The highest BCUT2D eigenvalue weighted by Gasteiger charge is 2.32. The van der Waals surface area contributed by atoms with Gasteiger partial charge in [0.1, 0.15) is 11.9 Å². The van der Waals surface area contributed by atoms with Crippen LogP contribution in [-0.4, -0.2) is 6.10 Å². The average molecular weight is 245 g/mol. The minimum atomic E-state index is 0.153. The second-order valence-electron chi connectivity index (χ2n) is 5.94. The van der Waals surface area contributed by atoms with Crippen molar-refractivity contribution in [1.82, 2.24) is 0 Å². The van der Waals surface area contributed by atoms with Gasteiger partial charge in [0.15, 0.2) is 0 Å². The van der Waals surface area contributed by atoms with Gasteiger partial charge in [0, 0.05) is 18.0 Å². The van der Waals surface area contributed by atoms with Crippen molar-refractivity contribution < 1.29 is 4.74 Å². The van der Waals surface area contributed by atoms with Gasteiger partial charge >= 0.3 is 0 Å². The molecule has 1 heterocycles. The SMILES string of the molecule is Cc1ccc2c(c1)[C@H](N)CC(C1CCCCC1)O2. The molecule has 0 saturated heterocycles. The lowest BCUT2D eigenvalue weighted by molar-refractivity contribution is 0.0784. The van der Waals surface area contributed by atoms with Crippen LogP contribution in [0.4, 0.5) is 0 Å². The van der Waals surface area contributed by atoms with Crippen LogP contribution >= 0.6 is 0 Å². The van der Waals surface area contributed by atoms with Gasteiger partial charge in [-0.05, 0) is 31.7 Å². The van der Waals surface area contributed by atoms with Crippen molar-refractivity contribution >= 4 is 0 Å². The molecular formula is C16H23NO. The van der Waals surface area contributed by atoms with Crippen LogP contribution < -0.4 is 10.5 Å². The molecule has 98 valence electrons. The highest BCUT2D eigenvalue weighted by Crippen LogP contribution is 2.39. The number of aryl methyl sites for hydroxylation is 1. The fourth-order valence-corrected chi connectivity index (χ4v) is 3.45. The average Bonchev–Trinajstić information content (AvgIpc) is 2.40. The predicted octanol–water partition coefficient (Wildman–Crippen LogP) is 3.73. The molecule has 2 heteroatoms. The van der Waals surface area contributed by atoms with Crippen LogP contribution in [0.2, 0.25) is 0 Å². The summed E-state index contributed by atoms with van der Waals surface area (Å²) in [5, 5.41) is 0. The quantitative estimate of drug-likeness (QED) is 0.818. The molecule has 1 aromatic carbocycles. The summed E-state index contributed by atoms with van der Waals surface area (Å²) in [4.78, 5) is 0. The van der Waals surface area contributed by atoms with Crippen LogP contribution in [0.1, 0.15) is 55.7 Å². The smallest absolute Gasteiger partial charge is 0.124 e. The fourth-order valence-electron chi connectivity index (χ4n) is 3.45. The molecule has 0 radical (unpaired) electrons. The third-order valence-corrected chi connectivity index (χ3v) is 4.50.